The molecule has 1 aliphatic carbocycles. The summed E-state index contributed by atoms with van der Waals surface area (Å²) in [5, 5.41) is 2.59. The molecule has 0 saturated heterocycles. The Labute approximate surface area is 153 Å². The molecule has 27 heavy (non-hydrogen) atoms. The Kier molecular flexibility index (Phi) is 4.14. The van der Waals surface area contributed by atoms with Gasteiger partial charge in [0.25, 0.3) is 11.5 Å². The summed E-state index contributed by atoms with van der Waals surface area (Å²) in [7, 11) is 0. The van der Waals surface area contributed by atoms with Crippen LogP contribution in [0.25, 0.3) is 5.78 Å². The Balaban J connectivity index is 1.68. The highest BCUT2D eigenvalue weighted by Gasteiger charge is 2.39. The van der Waals surface area contributed by atoms with E-state index in [1.165, 1.54) is 16.8 Å². The van der Waals surface area contributed by atoms with Crippen LogP contribution in [0.4, 0.5) is 10.1 Å². The third kappa shape index (κ3) is 3.27. The van der Waals surface area contributed by atoms with Gasteiger partial charge in [0, 0.05) is 31.2 Å². The van der Waals surface area contributed by atoms with Crippen LogP contribution in [0, 0.1) is 0 Å². The first kappa shape index (κ1) is 17.2. The minimum Gasteiger partial charge on any atom is -0.474 e. The first-order valence-electron chi connectivity index (χ1n) is 8.61. The number of hydrogen-bond acceptors (Lipinski definition) is 5. The van der Waals surface area contributed by atoms with Crippen molar-refractivity contribution in [3.8, 4) is 5.88 Å². The average molecular weight is 371 g/mol. The molecular formula is C18H18FN5O3. The van der Waals surface area contributed by atoms with E-state index in [2.05, 4.69) is 15.3 Å². The third-order valence-corrected chi connectivity index (χ3v) is 4.20. The quantitative estimate of drug-likeness (QED) is 0.743. The number of carbonyl (C=O) groups is 1. The summed E-state index contributed by atoms with van der Waals surface area (Å²) in [4.78, 5) is 33.7. The first-order chi connectivity index (χ1) is 12.9. The smallest absolute Gasteiger partial charge is 0.274 e. The molecule has 0 aromatic carbocycles. The summed E-state index contributed by atoms with van der Waals surface area (Å²) >= 11 is 0. The molecule has 9 heteroatoms. The van der Waals surface area contributed by atoms with Crippen molar-refractivity contribution < 1.29 is 13.9 Å². The van der Waals surface area contributed by atoms with Crippen molar-refractivity contribution in [3.63, 3.8) is 0 Å². The van der Waals surface area contributed by atoms with Crippen LogP contribution in [0.2, 0.25) is 0 Å². The second kappa shape index (κ2) is 6.49. The number of nitrogens with one attached hydrogen (secondary N) is 1. The maximum Gasteiger partial charge on any atom is 0.274 e. The summed E-state index contributed by atoms with van der Waals surface area (Å²) in [6, 6.07) is 2.63. The van der Waals surface area contributed by atoms with Gasteiger partial charge in [-0.25, -0.2) is 9.37 Å². The Hall–Kier alpha value is -3.23. The summed E-state index contributed by atoms with van der Waals surface area (Å²) in [5.41, 5.74) is -0.208. The molecule has 0 bridgehead atoms. The lowest BCUT2D eigenvalue weighted by atomic mass is 10.2. The van der Waals surface area contributed by atoms with Crippen molar-refractivity contribution in [2.75, 3.05) is 5.32 Å². The number of amides is 1. The molecule has 4 rings (SSSR count). The van der Waals surface area contributed by atoms with Crippen molar-refractivity contribution in [2.45, 2.75) is 38.6 Å². The zero-order valence-electron chi connectivity index (χ0n) is 14.8. The van der Waals surface area contributed by atoms with Gasteiger partial charge in [0.15, 0.2) is 0 Å². The molecule has 0 unspecified atom stereocenters. The molecule has 140 valence electrons. The van der Waals surface area contributed by atoms with Gasteiger partial charge in [-0.15, -0.1) is 0 Å². The lowest BCUT2D eigenvalue weighted by Gasteiger charge is -2.14. The van der Waals surface area contributed by atoms with E-state index in [0.29, 0.717) is 12.2 Å². The van der Waals surface area contributed by atoms with E-state index in [0.717, 1.165) is 0 Å². The molecule has 1 N–H and O–H groups in total. The third-order valence-electron chi connectivity index (χ3n) is 4.20. The largest absolute Gasteiger partial charge is 0.474 e. The highest BCUT2D eigenvalue weighted by molar-refractivity contribution is 6.05. The number of alkyl halides is 1. The number of fused-ring (bicyclic) bond motifs is 1. The van der Waals surface area contributed by atoms with Gasteiger partial charge < -0.3 is 14.6 Å². The van der Waals surface area contributed by atoms with Gasteiger partial charge >= 0.3 is 0 Å². The predicted molar refractivity (Wildman–Crippen MR) is 96.0 cm³/mol. The lowest BCUT2D eigenvalue weighted by Crippen LogP contribution is -2.26. The van der Waals surface area contributed by atoms with Crippen molar-refractivity contribution in [3.05, 3.63) is 52.8 Å². The molecule has 3 aromatic rings. The van der Waals surface area contributed by atoms with Gasteiger partial charge in [0.1, 0.15) is 17.4 Å². The van der Waals surface area contributed by atoms with E-state index in [-0.39, 0.29) is 23.2 Å². The fourth-order valence-electron chi connectivity index (χ4n) is 2.80. The fraction of sp³-hybridized carbons (Fsp3) is 0.333. The van der Waals surface area contributed by atoms with E-state index in [4.69, 9.17) is 4.74 Å². The predicted octanol–water partition coefficient (Wildman–Crippen LogP) is 2.21. The van der Waals surface area contributed by atoms with E-state index in [9.17, 15) is 14.0 Å². The minimum absolute atomic E-state index is 0.0721. The Morgan fingerprint density at radius 3 is 2.89 bits per heavy atom. The van der Waals surface area contributed by atoms with Crippen LogP contribution < -0.4 is 15.6 Å². The summed E-state index contributed by atoms with van der Waals surface area (Å²) < 4.78 is 21.8. The fourth-order valence-corrected chi connectivity index (χ4v) is 2.80. The molecule has 1 aliphatic rings. The number of hydrogen-bond donors (Lipinski definition) is 1. The Morgan fingerprint density at radius 2 is 2.19 bits per heavy atom. The van der Waals surface area contributed by atoms with E-state index < -0.39 is 23.7 Å². The van der Waals surface area contributed by atoms with Crippen LogP contribution in [-0.4, -0.2) is 37.1 Å². The molecule has 1 fully saturated rings. The molecule has 3 aromatic heterocycles. The molecule has 0 radical (unpaired) electrons. The van der Waals surface area contributed by atoms with E-state index >= 15 is 0 Å². The van der Waals surface area contributed by atoms with Crippen molar-refractivity contribution >= 4 is 17.4 Å². The number of pyridine rings is 1. The van der Waals surface area contributed by atoms with Crippen LogP contribution >= 0.6 is 0 Å². The number of rotatable bonds is 5. The molecule has 1 amide bonds. The summed E-state index contributed by atoms with van der Waals surface area (Å²) in [6.07, 6.45) is 5.37. The van der Waals surface area contributed by atoms with Crippen LogP contribution in [0.5, 0.6) is 5.88 Å². The van der Waals surface area contributed by atoms with Gasteiger partial charge in [0.05, 0.1) is 12.1 Å². The number of nitrogens with zero attached hydrogens (tertiary/aromatic N) is 4. The van der Waals surface area contributed by atoms with Gasteiger partial charge in [0.2, 0.25) is 11.7 Å². The monoisotopic (exact) mass is 371 g/mol. The van der Waals surface area contributed by atoms with Crippen molar-refractivity contribution in [1.29, 1.82) is 0 Å². The standard InChI is InChI=1S/C18H18FN5O3/c1-10(2)27-16-11(9-23-7-5-20-18(23)22-16)15(25)21-13-4-3-6-24(17(13)26)14-8-12(14)19/h3-7,9-10,12,14H,8H2,1-2H3,(H,21,25)/t12-,14+/m1/s1. The van der Waals surface area contributed by atoms with Gasteiger partial charge in [-0.2, -0.15) is 4.98 Å². The minimum atomic E-state index is -1.02. The SMILES string of the molecule is CC(C)Oc1nc2nccn2cc1C(=O)Nc1cccn([C@H]2C[C@H]2F)c1=O. The Morgan fingerprint density at radius 1 is 1.41 bits per heavy atom. The zero-order chi connectivity index (χ0) is 19.1. The Bertz CT molecular complexity index is 1070. The molecule has 8 nitrogen and oxygen atoms in total. The summed E-state index contributed by atoms with van der Waals surface area (Å²) in [5.74, 6) is -0.0216. The molecule has 3 heterocycles. The van der Waals surface area contributed by atoms with Crippen LogP contribution in [-0.2, 0) is 0 Å². The number of anilines is 1. The molecule has 0 spiro atoms. The number of carbonyl (C=O) groups excluding carboxylic acids is 1. The van der Waals surface area contributed by atoms with E-state index in [1.807, 2.05) is 13.8 Å². The van der Waals surface area contributed by atoms with Gasteiger partial charge in [-0.1, -0.05) is 0 Å². The van der Waals surface area contributed by atoms with Gasteiger partial charge in [-0.3, -0.25) is 14.0 Å². The zero-order valence-corrected chi connectivity index (χ0v) is 14.8. The molecule has 1 saturated carbocycles. The summed E-state index contributed by atoms with van der Waals surface area (Å²) in [6.45, 7) is 3.63. The second-order valence-electron chi connectivity index (χ2n) is 6.67. The number of imidazole rings is 1. The maximum atomic E-state index is 13.3. The number of halogens is 1. The molecule has 0 aliphatic heterocycles. The van der Waals surface area contributed by atoms with Crippen LogP contribution in [0.3, 0.4) is 0 Å². The van der Waals surface area contributed by atoms with E-state index in [1.54, 1.807) is 29.1 Å². The normalized spacial score (nSPS) is 18.7. The molecule has 2 atom stereocenters. The van der Waals surface area contributed by atoms with Crippen molar-refractivity contribution in [2.24, 2.45) is 0 Å². The maximum absolute atomic E-state index is 13.3. The second-order valence-corrected chi connectivity index (χ2v) is 6.67. The average Bonchev–Trinajstić information content (AvgIpc) is 3.15. The first-order valence-corrected chi connectivity index (χ1v) is 8.61. The highest BCUT2D eigenvalue weighted by atomic mass is 19.1. The number of ether oxygens (including phenoxy) is 1. The van der Waals surface area contributed by atoms with Gasteiger partial charge in [-0.05, 0) is 26.0 Å². The lowest BCUT2D eigenvalue weighted by molar-refractivity contribution is 0.101. The van der Waals surface area contributed by atoms with Crippen LogP contribution in [0.1, 0.15) is 36.7 Å². The van der Waals surface area contributed by atoms with Crippen LogP contribution in [0.15, 0.2) is 41.7 Å². The van der Waals surface area contributed by atoms with Crippen molar-refractivity contribution in [1.82, 2.24) is 18.9 Å². The molecular weight excluding hydrogens is 353 g/mol. The highest BCUT2D eigenvalue weighted by Crippen LogP contribution is 2.37. The number of aromatic nitrogens is 4. The topological polar surface area (TPSA) is 90.5 Å².